The molecule has 2 amide bonds. The molecular formula is C18H28FN3O. The number of unbranched alkanes of at least 4 members (excludes halogenated alkanes) is 3. The number of anilines is 1. The molecule has 0 atom stereocenters. The average Bonchev–Trinajstić information content (AvgIpc) is 2.81. The Morgan fingerprint density at radius 2 is 1.87 bits per heavy atom. The second kappa shape index (κ2) is 9.38. The van der Waals surface area contributed by atoms with Crippen LogP contribution in [0.25, 0.3) is 0 Å². The minimum absolute atomic E-state index is 0.0439. The number of carbonyl (C=O) groups is 1. The van der Waals surface area contributed by atoms with Gasteiger partial charge >= 0.3 is 6.03 Å². The molecule has 0 spiro atoms. The molecule has 0 aliphatic carbocycles. The van der Waals surface area contributed by atoms with Crippen LogP contribution in [-0.2, 0) is 0 Å². The summed E-state index contributed by atoms with van der Waals surface area (Å²) in [5.41, 5.74) is 1.02. The topological polar surface area (TPSA) is 35.6 Å². The number of carbonyl (C=O) groups excluding carboxylic acids is 1. The molecule has 1 N–H and O–H groups in total. The monoisotopic (exact) mass is 321 g/mol. The van der Waals surface area contributed by atoms with Crippen LogP contribution in [0.4, 0.5) is 14.9 Å². The molecule has 0 aromatic heterocycles. The third-order valence-corrected chi connectivity index (χ3v) is 4.28. The van der Waals surface area contributed by atoms with E-state index in [1.807, 2.05) is 4.90 Å². The van der Waals surface area contributed by atoms with Crippen LogP contribution in [0.1, 0.15) is 39.0 Å². The number of benzene rings is 1. The first kappa shape index (κ1) is 17.6. The van der Waals surface area contributed by atoms with Gasteiger partial charge in [-0.15, -0.1) is 0 Å². The summed E-state index contributed by atoms with van der Waals surface area (Å²) in [4.78, 5) is 16.3. The van der Waals surface area contributed by atoms with Gasteiger partial charge in [0.2, 0.25) is 0 Å². The molecule has 1 fully saturated rings. The van der Waals surface area contributed by atoms with E-state index in [4.69, 9.17) is 0 Å². The number of urea groups is 1. The normalized spacial score (nSPS) is 15.4. The smallest absolute Gasteiger partial charge is 0.317 e. The number of rotatable bonds is 6. The fourth-order valence-corrected chi connectivity index (χ4v) is 2.89. The molecule has 4 nitrogen and oxygen atoms in total. The van der Waals surface area contributed by atoms with Crippen LogP contribution in [0, 0.1) is 5.82 Å². The molecule has 5 heteroatoms. The second-order valence-corrected chi connectivity index (χ2v) is 6.10. The third-order valence-electron chi connectivity index (χ3n) is 4.28. The zero-order valence-corrected chi connectivity index (χ0v) is 14.1. The molecular weight excluding hydrogens is 293 g/mol. The number of amides is 2. The number of nitrogens with one attached hydrogen (secondary N) is 1. The minimum Gasteiger partial charge on any atom is -0.370 e. The highest BCUT2D eigenvalue weighted by molar-refractivity contribution is 5.74. The third kappa shape index (κ3) is 5.73. The van der Waals surface area contributed by atoms with Crippen molar-refractivity contribution in [1.29, 1.82) is 0 Å². The molecule has 1 aromatic carbocycles. The van der Waals surface area contributed by atoms with Gasteiger partial charge < -0.3 is 15.1 Å². The van der Waals surface area contributed by atoms with Gasteiger partial charge in [0.05, 0.1) is 0 Å². The highest BCUT2D eigenvalue weighted by Crippen LogP contribution is 2.17. The molecule has 2 rings (SSSR count). The van der Waals surface area contributed by atoms with Crippen LogP contribution >= 0.6 is 0 Å². The summed E-state index contributed by atoms with van der Waals surface area (Å²) >= 11 is 0. The number of hydrogen-bond donors (Lipinski definition) is 1. The lowest BCUT2D eigenvalue weighted by molar-refractivity contribution is 0.201. The second-order valence-electron chi connectivity index (χ2n) is 6.10. The predicted molar refractivity (Wildman–Crippen MR) is 92.3 cm³/mol. The van der Waals surface area contributed by atoms with Crippen LogP contribution in [0.15, 0.2) is 24.3 Å². The van der Waals surface area contributed by atoms with E-state index in [-0.39, 0.29) is 11.8 Å². The van der Waals surface area contributed by atoms with Gasteiger partial charge in [-0.2, -0.15) is 0 Å². The largest absolute Gasteiger partial charge is 0.370 e. The first-order chi connectivity index (χ1) is 11.2. The van der Waals surface area contributed by atoms with Gasteiger partial charge in [-0.25, -0.2) is 9.18 Å². The van der Waals surface area contributed by atoms with Gasteiger partial charge in [0.15, 0.2) is 0 Å². The lowest BCUT2D eigenvalue weighted by atomic mass is 10.2. The molecule has 128 valence electrons. The van der Waals surface area contributed by atoms with Gasteiger partial charge in [0, 0.05) is 38.4 Å². The molecule has 1 aliphatic rings. The van der Waals surface area contributed by atoms with Crippen molar-refractivity contribution in [1.82, 2.24) is 10.2 Å². The van der Waals surface area contributed by atoms with E-state index in [1.54, 1.807) is 12.1 Å². The van der Waals surface area contributed by atoms with Crippen molar-refractivity contribution < 1.29 is 9.18 Å². The van der Waals surface area contributed by atoms with Gasteiger partial charge in [0.1, 0.15) is 5.82 Å². The maximum Gasteiger partial charge on any atom is 0.317 e. The standard InChI is InChI=1S/C18H28FN3O/c1-2-3-4-5-11-20-18(23)22-13-6-12-21(14-15-22)17-9-7-16(19)8-10-17/h7-10H,2-6,11-15H2,1H3,(H,20,23). The van der Waals surface area contributed by atoms with Crippen molar-refractivity contribution in [3.8, 4) is 0 Å². The summed E-state index contributed by atoms with van der Waals surface area (Å²) in [6.07, 6.45) is 5.59. The fraction of sp³-hybridized carbons (Fsp3) is 0.611. The van der Waals surface area contributed by atoms with Gasteiger partial charge in [0.25, 0.3) is 0 Å². The lowest BCUT2D eigenvalue weighted by Crippen LogP contribution is -2.42. The van der Waals surface area contributed by atoms with Crippen LogP contribution in [0.2, 0.25) is 0 Å². The van der Waals surface area contributed by atoms with Crippen LogP contribution in [0.3, 0.4) is 0 Å². The molecule has 23 heavy (non-hydrogen) atoms. The van der Waals surface area contributed by atoms with Crippen molar-refractivity contribution in [2.75, 3.05) is 37.6 Å². The summed E-state index contributed by atoms with van der Waals surface area (Å²) in [6, 6.07) is 6.63. The quantitative estimate of drug-likeness (QED) is 0.812. The van der Waals surface area contributed by atoms with E-state index < -0.39 is 0 Å². The zero-order valence-electron chi connectivity index (χ0n) is 14.1. The van der Waals surface area contributed by atoms with Crippen molar-refractivity contribution in [3.05, 3.63) is 30.1 Å². The summed E-state index contributed by atoms with van der Waals surface area (Å²) in [5.74, 6) is -0.215. The summed E-state index contributed by atoms with van der Waals surface area (Å²) in [5, 5.41) is 3.02. The Kier molecular flexibility index (Phi) is 7.17. The maximum absolute atomic E-state index is 13.0. The van der Waals surface area contributed by atoms with Gasteiger partial charge in [-0.05, 0) is 37.1 Å². The SMILES string of the molecule is CCCCCCNC(=O)N1CCCN(c2ccc(F)cc2)CC1. The maximum atomic E-state index is 13.0. The Morgan fingerprint density at radius 1 is 1.09 bits per heavy atom. The van der Waals surface area contributed by atoms with Gasteiger partial charge in [-0.1, -0.05) is 26.2 Å². The molecule has 1 heterocycles. The van der Waals surface area contributed by atoms with Crippen LogP contribution in [0.5, 0.6) is 0 Å². The Balaban J connectivity index is 1.76. The van der Waals surface area contributed by atoms with E-state index in [0.29, 0.717) is 6.54 Å². The van der Waals surface area contributed by atoms with E-state index in [9.17, 15) is 9.18 Å². The highest BCUT2D eigenvalue weighted by atomic mass is 19.1. The predicted octanol–water partition coefficient (Wildman–Crippen LogP) is 3.63. The summed E-state index contributed by atoms with van der Waals surface area (Å²) in [7, 11) is 0. The van der Waals surface area contributed by atoms with Crippen molar-refractivity contribution in [2.24, 2.45) is 0 Å². The molecule has 0 radical (unpaired) electrons. The molecule has 1 saturated heterocycles. The van der Waals surface area contributed by atoms with E-state index in [2.05, 4.69) is 17.1 Å². The molecule has 1 aromatic rings. The first-order valence-corrected chi connectivity index (χ1v) is 8.74. The lowest BCUT2D eigenvalue weighted by Gasteiger charge is -2.24. The number of halogens is 1. The van der Waals surface area contributed by atoms with Crippen LogP contribution in [-0.4, -0.2) is 43.7 Å². The Morgan fingerprint density at radius 3 is 2.61 bits per heavy atom. The Bertz CT molecular complexity index is 478. The fourth-order valence-electron chi connectivity index (χ4n) is 2.89. The van der Waals surface area contributed by atoms with Crippen molar-refractivity contribution in [3.63, 3.8) is 0 Å². The summed E-state index contributed by atoms with van der Waals surface area (Å²) in [6.45, 7) is 6.11. The molecule has 0 saturated carbocycles. The van der Waals surface area contributed by atoms with Crippen LogP contribution < -0.4 is 10.2 Å². The molecule has 1 aliphatic heterocycles. The van der Waals surface area contributed by atoms with E-state index in [0.717, 1.165) is 44.7 Å². The molecule has 0 bridgehead atoms. The number of nitrogens with zero attached hydrogens (tertiary/aromatic N) is 2. The van der Waals surface area contributed by atoms with E-state index in [1.165, 1.54) is 31.4 Å². The average molecular weight is 321 g/mol. The minimum atomic E-state index is -0.215. The molecule has 0 unspecified atom stereocenters. The van der Waals surface area contributed by atoms with Crippen molar-refractivity contribution in [2.45, 2.75) is 39.0 Å². The highest BCUT2D eigenvalue weighted by Gasteiger charge is 2.18. The Labute approximate surface area is 138 Å². The zero-order chi connectivity index (χ0) is 16.5. The van der Waals surface area contributed by atoms with E-state index >= 15 is 0 Å². The first-order valence-electron chi connectivity index (χ1n) is 8.74. The summed E-state index contributed by atoms with van der Waals surface area (Å²) < 4.78 is 13.0. The Hall–Kier alpha value is -1.78. The number of hydrogen-bond acceptors (Lipinski definition) is 2. The van der Waals surface area contributed by atoms with Gasteiger partial charge in [-0.3, -0.25) is 0 Å². The van der Waals surface area contributed by atoms with Crippen molar-refractivity contribution >= 4 is 11.7 Å².